The molecule has 0 saturated heterocycles. The van der Waals surface area contributed by atoms with Crippen molar-refractivity contribution < 1.29 is 4.39 Å². The molecule has 0 saturated carbocycles. The Kier molecular flexibility index (Phi) is 2.81. The quantitative estimate of drug-likeness (QED) is 0.633. The summed E-state index contributed by atoms with van der Waals surface area (Å²) in [6.45, 7) is 0. The number of benzene rings is 2. The first-order chi connectivity index (χ1) is 9.70. The molecule has 2 aromatic carbocycles. The first-order valence-corrected chi connectivity index (χ1v) is 5.95. The minimum atomic E-state index is -0.482. The van der Waals surface area contributed by atoms with Gasteiger partial charge in [-0.3, -0.25) is 9.36 Å². The smallest absolute Gasteiger partial charge is 0.266 e. The van der Waals surface area contributed by atoms with Gasteiger partial charge in [-0.05, 0) is 36.3 Å². The Hall–Kier alpha value is -2.93. The predicted molar refractivity (Wildman–Crippen MR) is 75.2 cm³/mol. The molecular weight excluding hydrogens is 255 g/mol. The minimum Gasteiger partial charge on any atom is -0.268 e. The van der Waals surface area contributed by atoms with Crippen LogP contribution in [0.5, 0.6) is 0 Å². The standard InChI is InChI=1S/C16H9FN2O/c1-2-15-18-14-9-8-11(17)10-13(14)16(20)19(15)12-6-4-3-5-7-12/h1,3-10H. The Balaban J connectivity index is 2.45. The van der Waals surface area contributed by atoms with E-state index in [-0.39, 0.29) is 16.8 Å². The molecule has 0 bridgehead atoms. The van der Waals surface area contributed by atoms with Crippen molar-refractivity contribution in [2.24, 2.45) is 0 Å². The van der Waals surface area contributed by atoms with Crippen LogP contribution >= 0.6 is 0 Å². The van der Waals surface area contributed by atoms with Crippen LogP contribution in [0.2, 0.25) is 0 Å². The highest BCUT2D eigenvalue weighted by Crippen LogP contribution is 2.13. The summed E-state index contributed by atoms with van der Waals surface area (Å²) in [7, 11) is 0. The molecule has 96 valence electrons. The molecule has 0 amide bonds. The molecule has 20 heavy (non-hydrogen) atoms. The van der Waals surface area contributed by atoms with Gasteiger partial charge in [0.15, 0.2) is 5.82 Å². The van der Waals surface area contributed by atoms with Crippen molar-refractivity contribution >= 4 is 10.9 Å². The van der Waals surface area contributed by atoms with Crippen molar-refractivity contribution in [1.82, 2.24) is 9.55 Å². The van der Waals surface area contributed by atoms with E-state index in [4.69, 9.17) is 6.42 Å². The van der Waals surface area contributed by atoms with E-state index in [9.17, 15) is 9.18 Å². The zero-order valence-electron chi connectivity index (χ0n) is 10.4. The number of para-hydroxylation sites is 1. The molecule has 0 spiro atoms. The number of hydrogen-bond acceptors (Lipinski definition) is 2. The summed E-state index contributed by atoms with van der Waals surface area (Å²) in [5.41, 5.74) is 0.606. The first-order valence-electron chi connectivity index (χ1n) is 5.95. The number of terminal acetylenes is 1. The highest BCUT2D eigenvalue weighted by Gasteiger charge is 2.11. The van der Waals surface area contributed by atoms with Crippen LogP contribution < -0.4 is 5.56 Å². The van der Waals surface area contributed by atoms with E-state index < -0.39 is 5.82 Å². The second-order valence-corrected chi connectivity index (χ2v) is 4.22. The summed E-state index contributed by atoms with van der Waals surface area (Å²) in [6, 6.07) is 12.8. The van der Waals surface area contributed by atoms with E-state index in [1.54, 1.807) is 24.3 Å². The van der Waals surface area contributed by atoms with Crippen LogP contribution in [0.1, 0.15) is 5.82 Å². The fraction of sp³-hybridized carbons (Fsp3) is 0. The maximum atomic E-state index is 13.3. The van der Waals surface area contributed by atoms with Crippen molar-refractivity contribution in [1.29, 1.82) is 0 Å². The molecule has 3 rings (SSSR count). The van der Waals surface area contributed by atoms with Crippen molar-refractivity contribution in [3.8, 4) is 18.0 Å². The second kappa shape index (κ2) is 4.63. The highest BCUT2D eigenvalue weighted by molar-refractivity contribution is 5.78. The van der Waals surface area contributed by atoms with Gasteiger partial charge in [-0.2, -0.15) is 0 Å². The molecular formula is C16H9FN2O. The Labute approximate surface area is 114 Å². The zero-order chi connectivity index (χ0) is 14.1. The number of hydrogen-bond donors (Lipinski definition) is 0. The topological polar surface area (TPSA) is 34.9 Å². The Morgan fingerprint density at radius 2 is 1.90 bits per heavy atom. The molecule has 0 atom stereocenters. The number of rotatable bonds is 1. The first kappa shape index (κ1) is 12.1. The molecule has 3 nitrogen and oxygen atoms in total. The lowest BCUT2D eigenvalue weighted by Crippen LogP contribution is -2.22. The molecule has 0 unspecified atom stereocenters. The molecule has 3 aromatic rings. The molecule has 0 N–H and O–H groups in total. The van der Waals surface area contributed by atoms with E-state index in [1.807, 2.05) is 6.07 Å². The van der Waals surface area contributed by atoms with E-state index in [1.165, 1.54) is 22.8 Å². The average Bonchev–Trinajstić information content (AvgIpc) is 2.48. The van der Waals surface area contributed by atoms with Gasteiger partial charge < -0.3 is 0 Å². The van der Waals surface area contributed by atoms with Gasteiger partial charge in [-0.1, -0.05) is 18.2 Å². The Morgan fingerprint density at radius 1 is 1.15 bits per heavy atom. The maximum Gasteiger partial charge on any atom is 0.266 e. The van der Waals surface area contributed by atoms with Crippen molar-refractivity contribution in [3.05, 3.63) is 70.5 Å². The zero-order valence-corrected chi connectivity index (χ0v) is 10.4. The summed E-state index contributed by atoms with van der Waals surface area (Å²) in [5, 5.41) is 0.202. The second-order valence-electron chi connectivity index (χ2n) is 4.22. The number of halogens is 1. The van der Waals surface area contributed by atoms with Crippen LogP contribution in [0, 0.1) is 18.2 Å². The van der Waals surface area contributed by atoms with E-state index >= 15 is 0 Å². The van der Waals surface area contributed by atoms with Crippen LogP contribution in [0.15, 0.2) is 53.3 Å². The maximum absolute atomic E-state index is 13.3. The molecule has 1 heterocycles. The molecule has 0 radical (unpaired) electrons. The van der Waals surface area contributed by atoms with Crippen LogP contribution in [-0.2, 0) is 0 Å². The number of nitrogens with zero attached hydrogens (tertiary/aromatic N) is 2. The SMILES string of the molecule is C#Cc1nc2ccc(F)cc2c(=O)n1-c1ccccc1. The lowest BCUT2D eigenvalue weighted by molar-refractivity contribution is 0.629. The van der Waals surface area contributed by atoms with Gasteiger partial charge in [0.05, 0.1) is 16.6 Å². The highest BCUT2D eigenvalue weighted by atomic mass is 19.1. The molecule has 0 aliphatic carbocycles. The van der Waals surface area contributed by atoms with Crippen molar-refractivity contribution in [2.75, 3.05) is 0 Å². The van der Waals surface area contributed by atoms with E-state index in [2.05, 4.69) is 10.9 Å². The average molecular weight is 264 g/mol. The van der Waals surface area contributed by atoms with Gasteiger partial charge in [0.2, 0.25) is 0 Å². The van der Waals surface area contributed by atoms with Crippen molar-refractivity contribution in [3.63, 3.8) is 0 Å². The van der Waals surface area contributed by atoms with Crippen LogP contribution in [0.25, 0.3) is 16.6 Å². The summed E-state index contributed by atoms with van der Waals surface area (Å²) >= 11 is 0. The van der Waals surface area contributed by atoms with Gasteiger partial charge in [-0.25, -0.2) is 9.37 Å². The molecule has 1 aromatic heterocycles. The number of fused-ring (bicyclic) bond motifs is 1. The Morgan fingerprint density at radius 3 is 2.60 bits per heavy atom. The summed E-state index contributed by atoms with van der Waals surface area (Å²) in [5.74, 6) is 2.11. The van der Waals surface area contributed by atoms with E-state index in [0.29, 0.717) is 11.2 Å². The molecule has 4 heteroatoms. The van der Waals surface area contributed by atoms with Gasteiger partial charge in [0.1, 0.15) is 5.82 Å². The van der Waals surface area contributed by atoms with Crippen molar-refractivity contribution in [2.45, 2.75) is 0 Å². The largest absolute Gasteiger partial charge is 0.268 e. The summed E-state index contributed by atoms with van der Waals surface area (Å²) in [6.07, 6.45) is 5.43. The fourth-order valence-corrected chi connectivity index (χ4v) is 2.07. The third-order valence-electron chi connectivity index (χ3n) is 2.97. The normalized spacial score (nSPS) is 10.4. The summed E-state index contributed by atoms with van der Waals surface area (Å²) in [4.78, 5) is 16.8. The number of aromatic nitrogens is 2. The van der Waals surface area contributed by atoms with Gasteiger partial charge in [-0.15, -0.1) is 6.42 Å². The van der Waals surface area contributed by atoms with Gasteiger partial charge in [0, 0.05) is 0 Å². The monoisotopic (exact) mass is 264 g/mol. The molecule has 0 aliphatic heterocycles. The predicted octanol–water partition coefficient (Wildman–Crippen LogP) is 2.51. The molecule has 0 fully saturated rings. The van der Waals surface area contributed by atoms with Crippen LogP contribution in [-0.4, -0.2) is 9.55 Å². The van der Waals surface area contributed by atoms with Crippen LogP contribution in [0.3, 0.4) is 0 Å². The summed E-state index contributed by atoms with van der Waals surface area (Å²) < 4.78 is 14.6. The molecule has 0 aliphatic rings. The van der Waals surface area contributed by atoms with Crippen LogP contribution in [0.4, 0.5) is 4.39 Å². The lowest BCUT2D eigenvalue weighted by Gasteiger charge is -2.09. The third kappa shape index (κ3) is 1.86. The van der Waals surface area contributed by atoms with E-state index in [0.717, 1.165) is 0 Å². The van der Waals surface area contributed by atoms with Gasteiger partial charge in [0.25, 0.3) is 5.56 Å². The lowest BCUT2D eigenvalue weighted by atomic mass is 10.2. The Bertz CT molecular complexity index is 892. The minimum absolute atomic E-state index is 0.195. The fourth-order valence-electron chi connectivity index (χ4n) is 2.07. The van der Waals surface area contributed by atoms with Gasteiger partial charge >= 0.3 is 0 Å². The third-order valence-corrected chi connectivity index (χ3v) is 2.97.